The van der Waals surface area contributed by atoms with Crippen LogP contribution in [0, 0.1) is 12.8 Å². The first-order valence-electron chi connectivity index (χ1n) is 6.30. The van der Waals surface area contributed by atoms with E-state index in [0.29, 0.717) is 11.7 Å². The zero-order valence-electron chi connectivity index (χ0n) is 11.0. The first-order valence-corrected chi connectivity index (χ1v) is 6.30. The van der Waals surface area contributed by atoms with Gasteiger partial charge in [-0.05, 0) is 25.7 Å². The molecule has 3 N–H and O–H groups in total. The molecule has 1 aromatic heterocycles. The van der Waals surface area contributed by atoms with Crippen molar-refractivity contribution in [2.24, 2.45) is 11.8 Å². The smallest absolute Gasteiger partial charge is 0.145 e. The summed E-state index contributed by atoms with van der Waals surface area (Å²) in [6.45, 7) is 4.60. The van der Waals surface area contributed by atoms with Gasteiger partial charge in [0.2, 0.25) is 0 Å². The van der Waals surface area contributed by atoms with Gasteiger partial charge in [-0.25, -0.2) is 15.8 Å². The molecule has 0 saturated carbocycles. The van der Waals surface area contributed by atoms with E-state index in [9.17, 15) is 0 Å². The standard InChI is InChI=1S/C12H21N5O/c1-9-14-11(16-13)7-12(15-9)17(2)8-10-3-5-18-6-4-10/h7,10H,3-6,8,13H2,1-2H3,(H,14,15,16). The monoisotopic (exact) mass is 251 g/mol. The number of ether oxygens (including phenoxy) is 1. The average molecular weight is 251 g/mol. The molecule has 100 valence electrons. The lowest BCUT2D eigenvalue weighted by Crippen LogP contribution is -2.30. The summed E-state index contributed by atoms with van der Waals surface area (Å²) < 4.78 is 5.37. The Hall–Kier alpha value is -1.40. The lowest BCUT2D eigenvalue weighted by atomic mass is 10.00. The Morgan fingerprint density at radius 2 is 2.17 bits per heavy atom. The van der Waals surface area contributed by atoms with Crippen LogP contribution in [0.25, 0.3) is 0 Å². The van der Waals surface area contributed by atoms with Crippen molar-refractivity contribution in [3.63, 3.8) is 0 Å². The third-order valence-corrected chi connectivity index (χ3v) is 3.24. The first-order chi connectivity index (χ1) is 8.69. The van der Waals surface area contributed by atoms with Gasteiger partial charge in [-0.3, -0.25) is 0 Å². The van der Waals surface area contributed by atoms with Crippen LogP contribution in [0.3, 0.4) is 0 Å². The van der Waals surface area contributed by atoms with Crippen molar-refractivity contribution in [3.8, 4) is 0 Å². The Labute approximate surface area is 108 Å². The highest BCUT2D eigenvalue weighted by molar-refractivity contribution is 5.48. The summed E-state index contributed by atoms with van der Waals surface area (Å²) in [5, 5.41) is 0. The van der Waals surface area contributed by atoms with E-state index in [1.807, 2.05) is 13.0 Å². The molecule has 1 fully saturated rings. The minimum Gasteiger partial charge on any atom is -0.381 e. The molecule has 0 amide bonds. The third-order valence-electron chi connectivity index (χ3n) is 3.24. The van der Waals surface area contributed by atoms with Gasteiger partial charge >= 0.3 is 0 Å². The normalized spacial score (nSPS) is 16.6. The van der Waals surface area contributed by atoms with E-state index < -0.39 is 0 Å². The molecule has 2 heterocycles. The van der Waals surface area contributed by atoms with Crippen molar-refractivity contribution in [1.29, 1.82) is 0 Å². The highest BCUT2D eigenvalue weighted by Gasteiger charge is 2.17. The van der Waals surface area contributed by atoms with Gasteiger partial charge in [-0.2, -0.15) is 0 Å². The molecule has 1 saturated heterocycles. The molecule has 2 rings (SSSR count). The van der Waals surface area contributed by atoms with E-state index in [1.165, 1.54) is 0 Å². The second-order valence-electron chi connectivity index (χ2n) is 4.74. The van der Waals surface area contributed by atoms with E-state index in [-0.39, 0.29) is 0 Å². The SMILES string of the molecule is Cc1nc(NN)cc(N(C)CC2CCOCC2)n1. The van der Waals surface area contributed by atoms with E-state index in [2.05, 4.69) is 27.3 Å². The molecule has 1 aliphatic heterocycles. The van der Waals surface area contributed by atoms with E-state index in [0.717, 1.165) is 44.2 Å². The topological polar surface area (TPSA) is 76.3 Å². The number of hydrazine groups is 1. The maximum atomic E-state index is 5.40. The van der Waals surface area contributed by atoms with Crippen LogP contribution < -0.4 is 16.2 Å². The number of nitrogens with two attached hydrogens (primary N) is 1. The van der Waals surface area contributed by atoms with Crippen LogP contribution in [0.4, 0.5) is 11.6 Å². The lowest BCUT2D eigenvalue weighted by molar-refractivity contribution is 0.0685. The number of aromatic nitrogens is 2. The molecule has 0 unspecified atom stereocenters. The predicted octanol–water partition coefficient (Wildman–Crippen LogP) is 0.933. The van der Waals surface area contributed by atoms with Gasteiger partial charge in [-0.15, -0.1) is 0 Å². The van der Waals surface area contributed by atoms with Crippen LogP contribution in [-0.4, -0.2) is 36.8 Å². The second kappa shape index (κ2) is 5.97. The van der Waals surface area contributed by atoms with Gasteiger partial charge in [0.05, 0.1) is 0 Å². The molecule has 18 heavy (non-hydrogen) atoms. The molecule has 6 nitrogen and oxygen atoms in total. The predicted molar refractivity (Wildman–Crippen MR) is 71.4 cm³/mol. The summed E-state index contributed by atoms with van der Waals surface area (Å²) in [4.78, 5) is 10.8. The zero-order chi connectivity index (χ0) is 13.0. The molecule has 0 bridgehead atoms. The number of hydrogen-bond acceptors (Lipinski definition) is 6. The fraction of sp³-hybridized carbons (Fsp3) is 0.667. The molecule has 6 heteroatoms. The maximum absolute atomic E-state index is 5.40. The minimum atomic E-state index is 0.649. The van der Waals surface area contributed by atoms with Gasteiger partial charge in [0.25, 0.3) is 0 Å². The number of nitrogens with zero attached hydrogens (tertiary/aromatic N) is 3. The first kappa shape index (κ1) is 13.0. The lowest BCUT2D eigenvalue weighted by Gasteiger charge is -2.28. The highest BCUT2D eigenvalue weighted by atomic mass is 16.5. The Morgan fingerprint density at radius 1 is 1.44 bits per heavy atom. The largest absolute Gasteiger partial charge is 0.381 e. The maximum Gasteiger partial charge on any atom is 0.145 e. The van der Waals surface area contributed by atoms with Crippen LogP contribution >= 0.6 is 0 Å². The summed E-state index contributed by atoms with van der Waals surface area (Å²) in [7, 11) is 2.05. The molecule has 0 aliphatic carbocycles. The number of hydrogen-bond donors (Lipinski definition) is 2. The van der Waals surface area contributed by atoms with Crippen molar-refractivity contribution in [1.82, 2.24) is 9.97 Å². The van der Waals surface area contributed by atoms with Gasteiger partial charge in [0.15, 0.2) is 0 Å². The van der Waals surface area contributed by atoms with Crippen LogP contribution in [-0.2, 0) is 4.74 Å². The van der Waals surface area contributed by atoms with Crippen molar-refractivity contribution >= 4 is 11.6 Å². The Morgan fingerprint density at radius 3 is 2.83 bits per heavy atom. The fourth-order valence-electron chi connectivity index (χ4n) is 2.23. The Kier molecular flexibility index (Phi) is 4.33. The summed E-state index contributed by atoms with van der Waals surface area (Å²) in [6, 6.07) is 1.87. The molecule has 1 aromatic rings. The number of nitrogen functional groups attached to an aromatic ring is 1. The van der Waals surface area contributed by atoms with Crippen molar-refractivity contribution in [2.75, 3.05) is 37.1 Å². The molecule has 0 spiro atoms. The van der Waals surface area contributed by atoms with Crippen molar-refractivity contribution < 1.29 is 4.74 Å². The minimum absolute atomic E-state index is 0.649. The molecular formula is C12H21N5O. The third kappa shape index (κ3) is 3.30. The van der Waals surface area contributed by atoms with E-state index in [1.54, 1.807) is 0 Å². The van der Waals surface area contributed by atoms with E-state index in [4.69, 9.17) is 10.6 Å². The van der Waals surface area contributed by atoms with Crippen LogP contribution in [0.15, 0.2) is 6.07 Å². The van der Waals surface area contributed by atoms with Gasteiger partial charge in [0.1, 0.15) is 17.5 Å². The summed E-state index contributed by atoms with van der Waals surface area (Å²) in [6.07, 6.45) is 2.24. The molecule has 1 aliphatic rings. The van der Waals surface area contributed by atoms with Crippen LogP contribution in [0.5, 0.6) is 0 Å². The Bertz CT molecular complexity index is 392. The summed E-state index contributed by atoms with van der Waals surface area (Å²) in [5.74, 6) is 8.35. The van der Waals surface area contributed by atoms with Gasteiger partial charge in [-0.1, -0.05) is 0 Å². The zero-order valence-corrected chi connectivity index (χ0v) is 11.0. The summed E-state index contributed by atoms with van der Waals surface area (Å²) in [5.41, 5.74) is 2.57. The fourth-order valence-corrected chi connectivity index (χ4v) is 2.23. The number of aryl methyl sites for hydroxylation is 1. The van der Waals surface area contributed by atoms with E-state index >= 15 is 0 Å². The quantitative estimate of drug-likeness (QED) is 0.612. The molecule has 0 radical (unpaired) electrons. The van der Waals surface area contributed by atoms with Gasteiger partial charge in [0, 0.05) is 32.9 Å². The highest BCUT2D eigenvalue weighted by Crippen LogP contribution is 2.20. The number of nitrogens with one attached hydrogen (secondary N) is 1. The Balaban J connectivity index is 2.02. The van der Waals surface area contributed by atoms with Crippen LogP contribution in [0.2, 0.25) is 0 Å². The molecule has 0 atom stereocenters. The number of rotatable bonds is 4. The number of anilines is 2. The molecule has 0 aromatic carbocycles. The molecular weight excluding hydrogens is 230 g/mol. The second-order valence-corrected chi connectivity index (χ2v) is 4.74. The van der Waals surface area contributed by atoms with Gasteiger partial charge < -0.3 is 15.1 Å². The summed E-state index contributed by atoms with van der Waals surface area (Å²) >= 11 is 0. The van der Waals surface area contributed by atoms with Crippen LogP contribution in [0.1, 0.15) is 18.7 Å². The van der Waals surface area contributed by atoms with Crippen molar-refractivity contribution in [2.45, 2.75) is 19.8 Å². The van der Waals surface area contributed by atoms with Crippen molar-refractivity contribution in [3.05, 3.63) is 11.9 Å². The average Bonchev–Trinajstić information content (AvgIpc) is 2.39.